The number of benzene rings is 2. The first-order valence-electron chi connectivity index (χ1n) is 11.6. The molecule has 37 heavy (non-hydrogen) atoms. The largest absolute Gasteiger partial charge is 0.411 e. The van der Waals surface area contributed by atoms with E-state index >= 15 is 0 Å². The van der Waals surface area contributed by atoms with E-state index in [1.807, 2.05) is 29.2 Å². The van der Waals surface area contributed by atoms with Gasteiger partial charge in [-0.15, -0.1) is 10.2 Å². The molecule has 4 aromatic rings. The summed E-state index contributed by atoms with van der Waals surface area (Å²) in [5.41, 5.74) is 3.16. The van der Waals surface area contributed by atoms with Crippen LogP contribution in [0.15, 0.2) is 82.7 Å². The number of thioether (sulfide) groups is 1. The Bertz CT molecular complexity index is 1360. The number of nitrogens with zero attached hydrogens (tertiary/aromatic N) is 5. The van der Waals surface area contributed by atoms with E-state index in [1.54, 1.807) is 48.8 Å². The molecule has 0 unspecified atom stereocenters. The smallest absolute Gasteiger partial charge is 0.277 e. The SMILES string of the molecule is O=C(CSc1nnc(-c2ccncc2)o1)Nc1ccc(N2CCN(C(=O)c3ccc(Cl)cc3)CC2)cc1. The molecule has 0 saturated carbocycles. The molecule has 1 N–H and O–H groups in total. The lowest BCUT2D eigenvalue weighted by molar-refractivity contribution is -0.113. The number of piperazine rings is 1. The van der Waals surface area contributed by atoms with Crippen molar-refractivity contribution in [2.45, 2.75) is 5.22 Å². The molecule has 0 atom stereocenters. The Morgan fingerprint density at radius 3 is 2.32 bits per heavy atom. The number of carbonyl (C=O) groups excluding carboxylic acids is 2. The summed E-state index contributed by atoms with van der Waals surface area (Å²) in [6.45, 7) is 2.73. The highest BCUT2D eigenvalue weighted by Gasteiger charge is 2.22. The lowest BCUT2D eigenvalue weighted by Crippen LogP contribution is -2.48. The molecule has 188 valence electrons. The number of pyridine rings is 1. The molecule has 2 aromatic carbocycles. The van der Waals surface area contributed by atoms with Gasteiger partial charge < -0.3 is 19.5 Å². The van der Waals surface area contributed by atoms with Gasteiger partial charge >= 0.3 is 0 Å². The van der Waals surface area contributed by atoms with Crippen molar-refractivity contribution in [3.05, 3.63) is 83.6 Å². The number of amides is 2. The molecule has 2 aromatic heterocycles. The van der Waals surface area contributed by atoms with Crippen molar-refractivity contribution in [2.24, 2.45) is 0 Å². The fourth-order valence-electron chi connectivity index (χ4n) is 3.90. The van der Waals surface area contributed by atoms with Crippen molar-refractivity contribution in [3.8, 4) is 11.5 Å². The molecule has 1 fully saturated rings. The summed E-state index contributed by atoms with van der Waals surface area (Å²) in [4.78, 5) is 33.2. The van der Waals surface area contributed by atoms with Crippen molar-refractivity contribution in [3.63, 3.8) is 0 Å². The minimum atomic E-state index is -0.171. The van der Waals surface area contributed by atoms with Crippen molar-refractivity contribution in [2.75, 3.05) is 42.1 Å². The van der Waals surface area contributed by atoms with Crippen LogP contribution >= 0.6 is 23.4 Å². The van der Waals surface area contributed by atoms with Crippen LogP contribution in [0.3, 0.4) is 0 Å². The molecule has 9 nitrogen and oxygen atoms in total. The van der Waals surface area contributed by atoms with Gasteiger partial charge in [0.1, 0.15) is 0 Å². The summed E-state index contributed by atoms with van der Waals surface area (Å²) in [5.74, 6) is 0.372. The molecule has 11 heteroatoms. The fraction of sp³-hybridized carbons (Fsp3) is 0.192. The molecule has 0 radical (unpaired) electrons. The predicted molar refractivity (Wildman–Crippen MR) is 143 cm³/mol. The van der Waals surface area contributed by atoms with Crippen molar-refractivity contribution in [1.29, 1.82) is 0 Å². The Morgan fingerprint density at radius 2 is 1.62 bits per heavy atom. The molecule has 1 saturated heterocycles. The summed E-state index contributed by atoms with van der Waals surface area (Å²) in [6, 6.07) is 18.2. The monoisotopic (exact) mass is 534 g/mol. The molecule has 0 spiro atoms. The second kappa shape index (κ2) is 11.4. The maximum atomic E-state index is 12.7. The zero-order valence-corrected chi connectivity index (χ0v) is 21.3. The average molecular weight is 535 g/mol. The molecule has 5 rings (SSSR count). The van der Waals surface area contributed by atoms with E-state index in [0.29, 0.717) is 40.5 Å². The zero-order chi connectivity index (χ0) is 25.6. The van der Waals surface area contributed by atoms with Crippen LogP contribution in [0.2, 0.25) is 5.02 Å². The van der Waals surface area contributed by atoms with E-state index in [1.165, 1.54) is 11.8 Å². The van der Waals surface area contributed by atoms with Crippen LogP contribution in [0.5, 0.6) is 0 Å². The first kappa shape index (κ1) is 24.8. The van der Waals surface area contributed by atoms with Gasteiger partial charge in [-0.2, -0.15) is 0 Å². The van der Waals surface area contributed by atoms with E-state index in [-0.39, 0.29) is 17.6 Å². The van der Waals surface area contributed by atoms with Crippen LogP contribution < -0.4 is 10.2 Å². The van der Waals surface area contributed by atoms with Gasteiger partial charge in [0.05, 0.1) is 5.75 Å². The van der Waals surface area contributed by atoms with E-state index < -0.39 is 0 Å². The number of hydrogen-bond donors (Lipinski definition) is 1. The number of carbonyl (C=O) groups is 2. The highest BCUT2D eigenvalue weighted by molar-refractivity contribution is 7.99. The zero-order valence-electron chi connectivity index (χ0n) is 19.7. The minimum Gasteiger partial charge on any atom is -0.411 e. The molecule has 3 heterocycles. The van der Waals surface area contributed by atoms with Crippen LogP contribution in [0, 0.1) is 0 Å². The maximum absolute atomic E-state index is 12.7. The van der Waals surface area contributed by atoms with Gasteiger partial charge in [0.25, 0.3) is 11.1 Å². The van der Waals surface area contributed by atoms with E-state index in [9.17, 15) is 9.59 Å². The minimum absolute atomic E-state index is 0.0152. The summed E-state index contributed by atoms with van der Waals surface area (Å²) < 4.78 is 5.60. The number of anilines is 2. The summed E-state index contributed by atoms with van der Waals surface area (Å²) in [5, 5.41) is 11.8. The van der Waals surface area contributed by atoms with Gasteiger partial charge in [-0.25, -0.2) is 0 Å². The number of aromatic nitrogens is 3. The lowest BCUT2D eigenvalue weighted by atomic mass is 10.1. The first-order chi connectivity index (χ1) is 18.0. The Hall–Kier alpha value is -3.89. The first-order valence-corrected chi connectivity index (χ1v) is 13.0. The third-order valence-corrected chi connectivity index (χ3v) is 6.91. The maximum Gasteiger partial charge on any atom is 0.277 e. The van der Waals surface area contributed by atoms with Crippen molar-refractivity contribution in [1.82, 2.24) is 20.1 Å². The molecular formula is C26H23ClN6O3S. The molecule has 0 aliphatic carbocycles. The fourth-order valence-corrected chi connectivity index (χ4v) is 4.59. The molecular weight excluding hydrogens is 512 g/mol. The summed E-state index contributed by atoms with van der Waals surface area (Å²) in [6.07, 6.45) is 3.30. The number of nitrogens with one attached hydrogen (secondary N) is 1. The van der Waals surface area contributed by atoms with E-state index in [0.717, 1.165) is 24.3 Å². The number of halogens is 1. The summed E-state index contributed by atoms with van der Waals surface area (Å²) in [7, 11) is 0. The summed E-state index contributed by atoms with van der Waals surface area (Å²) >= 11 is 7.10. The van der Waals surface area contributed by atoms with Gasteiger partial charge in [-0.3, -0.25) is 14.6 Å². The van der Waals surface area contributed by atoms with E-state index in [2.05, 4.69) is 25.4 Å². The van der Waals surface area contributed by atoms with Gasteiger partial charge in [-0.05, 0) is 60.7 Å². The second-order valence-corrected chi connectivity index (χ2v) is 9.64. The van der Waals surface area contributed by atoms with Crippen LogP contribution in [0.1, 0.15) is 10.4 Å². The van der Waals surface area contributed by atoms with Crippen LogP contribution in [0.4, 0.5) is 11.4 Å². The normalized spacial score (nSPS) is 13.4. The van der Waals surface area contributed by atoms with Gasteiger partial charge in [0.2, 0.25) is 11.8 Å². The topological polar surface area (TPSA) is 104 Å². The predicted octanol–water partition coefficient (Wildman–Crippen LogP) is 4.48. The number of rotatable bonds is 7. The Kier molecular flexibility index (Phi) is 7.67. The van der Waals surface area contributed by atoms with E-state index in [4.69, 9.17) is 16.0 Å². The van der Waals surface area contributed by atoms with Crippen LogP contribution in [-0.2, 0) is 4.79 Å². The standard InChI is InChI=1S/C26H23ClN6O3S/c27-20-3-1-19(2-4-20)25(35)33-15-13-32(14-16-33)22-7-5-21(6-8-22)29-23(34)17-37-26-31-30-24(36-26)18-9-11-28-12-10-18/h1-12H,13-17H2,(H,29,34). The lowest BCUT2D eigenvalue weighted by Gasteiger charge is -2.36. The number of hydrogen-bond acceptors (Lipinski definition) is 8. The van der Waals surface area contributed by atoms with Gasteiger partial charge in [0, 0.05) is 66.1 Å². The average Bonchev–Trinajstić information content (AvgIpc) is 3.42. The molecule has 1 aliphatic rings. The molecule has 1 aliphatic heterocycles. The van der Waals surface area contributed by atoms with Crippen LogP contribution in [0.25, 0.3) is 11.5 Å². The van der Waals surface area contributed by atoms with Gasteiger partial charge in [-0.1, -0.05) is 23.4 Å². The van der Waals surface area contributed by atoms with Gasteiger partial charge in [0.15, 0.2) is 0 Å². The second-order valence-electron chi connectivity index (χ2n) is 8.28. The highest BCUT2D eigenvalue weighted by atomic mass is 35.5. The third kappa shape index (κ3) is 6.28. The van der Waals surface area contributed by atoms with Crippen molar-refractivity contribution >= 4 is 46.6 Å². The Morgan fingerprint density at radius 1 is 0.919 bits per heavy atom. The molecule has 0 bridgehead atoms. The molecule has 2 amide bonds. The highest BCUT2D eigenvalue weighted by Crippen LogP contribution is 2.24. The Labute approximate surface area is 222 Å². The third-order valence-electron chi connectivity index (χ3n) is 5.83. The Balaban J connectivity index is 1.08. The quantitative estimate of drug-likeness (QED) is 0.346. The van der Waals surface area contributed by atoms with Crippen LogP contribution in [-0.4, -0.2) is 63.8 Å². The van der Waals surface area contributed by atoms with Crippen molar-refractivity contribution < 1.29 is 14.0 Å².